The normalized spacial score (nSPS) is 22.8. The number of imidazole rings is 1. The van der Waals surface area contributed by atoms with Gasteiger partial charge in [0.15, 0.2) is 10.8 Å². The van der Waals surface area contributed by atoms with Gasteiger partial charge in [0.2, 0.25) is 0 Å². The molecule has 0 saturated carbocycles. The Kier molecular flexibility index (Phi) is 4.63. The summed E-state index contributed by atoms with van der Waals surface area (Å²) < 4.78 is 1.91. The summed E-state index contributed by atoms with van der Waals surface area (Å²) in [6, 6.07) is 9.99. The van der Waals surface area contributed by atoms with E-state index in [1.165, 1.54) is 32.1 Å². The van der Waals surface area contributed by atoms with E-state index < -0.39 is 0 Å². The van der Waals surface area contributed by atoms with E-state index in [-0.39, 0.29) is 0 Å². The fraction of sp³-hybridized carbons (Fsp3) is 0.417. The molecule has 2 aliphatic rings. The molecule has 0 amide bonds. The fourth-order valence-corrected chi connectivity index (χ4v) is 6.24. The molecule has 6 heterocycles. The Labute approximate surface area is 190 Å². The van der Waals surface area contributed by atoms with E-state index in [9.17, 15) is 5.26 Å². The minimum Gasteiger partial charge on any atom is -0.348 e. The van der Waals surface area contributed by atoms with Crippen molar-refractivity contribution in [3.05, 3.63) is 41.9 Å². The summed E-state index contributed by atoms with van der Waals surface area (Å²) in [5.41, 5.74) is 4.80. The van der Waals surface area contributed by atoms with Gasteiger partial charge in [0, 0.05) is 43.1 Å². The van der Waals surface area contributed by atoms with E-state index in [0.717, 1.165) is 32.4 Å². The van der Waals surface area contributed by atoms with Gasteiger partial charge in [-0.05, 0) is 50.8 Å². The average Bonchev–Trinajstić information content (AvgIpc) is 3.39. The van der Waals surface area contributed by atoms with Crippen molar-refractivity contribution >= 4 is 32.5 Å². The highest BCUT2D eigenvalue weighted by atomic mass is 32.1. The molecule has 32 heavy (non-hydrogen) atoms. The van der Waals surface area contributed by atoms with E-state index in [4.69, 9.17) is 9.97 Å². The van der Waals surface area contributed by atoms with Crippen LogP contribution in [0, 0.1) is 18.3 Å². The number of piperidine rings is 2. The maximum absolute atomic E-state index is 9.59. The Morgan fingerprint density at radius 3 is 2.75 bits per heavy atom. The van der Waals surface area contributed by atoms with Gasteiger partial charge in [-0.25, -0.2) is 15.0 Å². The third-order valence-corrected chi connectivity index (χ3v) is 7.93. The van der Waals surface area contributed by atoms with E-state index in [0.29, 0.717) is 29.3 Å². The zero-order valence-corrected chi connectivity index (χ0v) is 19.1. The molecular weight excluding hydrogens is 418 g/mol. The molecule has 4 aromatic heterocycles. The number of aromatic nitrogens is 4. The van der Waals surface area contributed by atoms with Crippen LogP contribution in [-0.2, 0) is 0 Å². The number of aryl methyl sites for hydroxylation is 1. The van der Waals surface area contributed by atoms with Gasteiger partial charge in [0.1, 0.15) is 16.4 Å². The Morgan fingerprint density at radius 1 is 1.16 bits per heavy atom. The lowest BCUT2D eigenvalue weighted by molar-refractivity contribution is 0.219. The number of fused-ring (bicyclic) bond motifs is 4. The Bertz CT molecular complexity index is 1350. The summed E-state index contributed by atoms with van der Waals surface area (Å²) in [4.78, 5) is 17.6. The van der Waals surface area contributed by atoms with Gasteiger partial charge < -0.3 is 14.6 Å². The predicted octanol–water partition coefficient (Wildman–Crippen LogP) is 4.30. The number of nitriles is 1. The molecule has 2 bridgehead atoms. The molecule has 8 heteroatoms. The topological polar surface area (TPSA) is 82.1 Å². The molecule has 0 radical (unpaired) electrons. The zero-order chi connectivity index (χ0) is 21.8. The number of thiazole rings is 1. The third-order valence-electron chi connectivity index (χ3n) is 6.87. The van der Waals surface area contributed by atoms with Crippen LogP contribution in [0.1, 0.15) is 43.4 Å². The van der Waals surface area contributed by atoms with Crippen LogP contribution in [-0.4, -0.2) is 44.5 Å². The fourth-order valence-electron chi connectivity index (χ4n) is 5.27. The van der Waals surface area contributed by atoms with Crippen molar-refractivity contribution in [2.75, 3.05) is 11.9 Å². The summed E-state index contributed by atoms with van der Waals surface area (Å²) >= 11 is 1.65. The van der Waals surface area contributed by atoms with Crippen LogP contribution in [0.5, 0.6) is 0 Å². The molecule has 2 atom stereocenters. The second-order valence-corrected chi connectivity index (χ2v) is 10.1. The molecule has 2 unspecified atom stereocenters. The van der Waals surface area contributed by atoms with Gasteiger partial charge in [-0.2, -0.15) is 5.26 Å². The van der Waals surface area contributed by atoms with E-state index in [1.807, 2.05) is 41.9 Å². The Hall–Kier alpha value is -3.02. The number of anilines is 1. The first-order chi connectivity index (χ1) is 15.6. The largest absolute Gasteiger partial charge is 0.348 e. The quantitative estimate of drug-likeness (QED) is 0.509. The second-order valence-electron chi connectivity index (χ2n) is 9.11. The van der Waals surface area contributed by atoms with Gasteiger partial charge in [0.25, 0.3) is 0 Å². The molecule has 0 aliphatic carbocycles. The molecule has 7 nitrogen and oxygen atoms in total. The van der Waals surface area contributed by atoms with Crippen LogP contribution < -0.4 is 10.2 Å². The number of pyridine rings is 2. The zero-order valence-electron chi connectivity index (χ0n) is 18.2. The van der Waals surface area contributed by atoms with Crippen molar-refractivity contribution < 1.29 is 0 Å². The summed E-state index contributed by atoms with van der Waals surface area (Å²) in [6.45, 7) is 1.93. The van der Waals surface area contributed by atoms with Crippen LogP contribution in [0.4, 0.5) is 5.13 Å². The van der Waals surface area contributed by atoms with E-state index >= 15 is 0 Å². The average molecular weight is 444 g/mol. The van der Waals surface area contributed by atoms with Crippen molar-refractivity contribution in [2.24, 2.45) is 0 Å². The van der Waals surface area contributed by atoms with Gasteiger partial charge in [-0.1, -0.05) is 17.8 Å². The van der Waals surface area contributed by atoms with Crippen LogP contribution in [0.3, 0.4) is 0 Å². The molecular formula is C24H25N7S. The van der Waals surface area contributed by atoms with Crippen LogP contribution in [0.2, 0.25) is 0 Å². The van der Waals surface area contributed by atoms with Crippen molar-refractivity contribution in [1.29, 1.82) is 5.26 Å². The molecule has 2 fully saturated rings. The molecule has 0 aromatic carbocycles. The smallest absolute Gasteiger partial charge is 0.187 e. The summed E-state index contributed by atoms with van der Waals surface area (Å²) in [7, 11) is 2.18. The minimum absolute atomic E-state index is 0.525. The van der Waals surface area contributed by atoms with Crippen molar-refractivity contribution in [2.45, 2.75) is 57.2 Å². The monoisotopic (exact) mass is 443 g/mol. The maximum atomic E-state index is 9.59. The highest BCUT2D eigenvalue weighted by Crippen LogP contribution is 2.34. The molecule has 2 aliphatic heterocycles. The minimum atomic E-state index is 0.525. The van der Waals surface area contributed by atoms with E-state index in [1.54, 1.807) is 11.3 Å². The number of hydrogen-bond acceptors (Lipinski definition) is 7. The number of nitrogens with zero attached hydrogens (tertiary/aromatic N) is 6. The van der Waals surface area contributed by atoms with Crippen LogP contribution in [0.15, 0.2) is 30.6 Å². The Balaban J connectivity index is 1.33. The first-order valence-electron chi connectivity index (χ1n) is 11.2. The van der Waals surface area contributed by atoms with Crippen molar-refractivity contribution in [3.63, 3.8) is 0 Å². The first-order valence-corrected chi connectivity index (χ1v) is 12.1. The SMILES string of the molecule is Cc1cn2cc(-c3ccc4nc(N(C)C5CC6CCCC(C5)N6)sc4n3)cc(C#N)c2n1. The van der Waals surface area contributed by atoms with Gasteiger partial charge in [-0.15, -0.1) is 0 Å². The standard InChI is InChI=1S/C24H25N7S/c1-14-12-31-13-16(8-15(11-25)22(31)26-14)20-6-7-21-23(28-20)32-24(29-21)30(2)19-9-17-4-3-5-18(10-19)27-17/h6-8,12-13,17-19,27H,3-5,9-10H2,1-2H3. The number of hydrogen-bond donors (Lipinski definition) is 1. The van der Waals surface area contributed by atoms with Gasteiger partial charge in [0.05, 0.1) is 17.0 Å². The number of rotatable bonds is 3. The maximum Gasteiger partial charge on any atom is 0.187 e. The third kappa shape index (κ3) is 3.33. The highest BCUT2D eigenvalue weighted by Gasteiger charge is 2.33. The van der Waals surface area contributed by atoms with Crippen molar-refractivity contribution in [3.8, 4) is 17.3 Å². The molecule has 6 rings (SSSR count). The number of nitrogens with one attached hydrogen (secondary N) is 1. The molecule has 0 spiro atoms. The van der Waals surface area contributed by atoms with Gasteiger partial charge in [-0.3, -0.25) is 0 Å². The molecule has 4 aromatic rings. The lowest BCUT2D eigenvalue weighted by atomic mass is 9.83. The lowest BCUT2D eigenvalue weighted by Gasteiger charge is -2.43. The summed E-state index contributed by atoms with van der Waals surface area (Å²) in [5.74, 6) is 0. The van der Waals surface area contributed by atoms with Crippen molar-refractivity contribution in [1.82, 2.24) is 24.7 Å². The molecule has 1 N–H and O–H groups in total. The van der Waals surface area contributed by atoms with Gasteiger partial charge >= 0.3 is 0 Å². The van der Waals surface area contributed by atoms with Crippen LogP contribution >= 0.6 is 11.3 Å². The lowest BCUT2D eigenvalue weighted by Crippen LogP contribution is -2.54. The Morgan fingerprint density at radius 2 is 1.97 bits per heavy atom. The van der Waals surface area contributed by atoms with E-state index in [2.05, 4.69) is 28.3 Å². The second kappa shape index (κ2) is 7.54. The molecule has 2 saturated heterocycles. The molecule has 162 valence electrons. The first kappa shape index (κ1) is 19.6. The summed E-state index contributed by atoms with van der Waals surface area (Å²) in [5, 5.41) is 14.4. The predicted molar refractivity (Wildman–Crippen MR) is 127 cm³/mol. The highest BCUT2D eigenvalue weighted by molar-refractivity contribution is 7.21. The van der Waals surface area contributed by atoms with Crippen LogP contribution in [0.25, 0.3) is 27.3 Å². The summed E-state index contributed by atoms with van der Waals surface area (Å²) in [6.07, 6.45) is 10.2.